The molecule has 0 atom stereocenters. The normalized spacial score (nSPS) is 14.2. The second-order valence-corrected chi connectivity index (χ2v) is 7.76. The lowest BCUT2D eigenvalue weighted by atomic mass is 10.1. The van der Waals surface area contributed by atoms with E-state index < -0.39 is 0 Å². The fourth-order valence-corrected chi connectivity index (χ4v) is 3.68. The van der Waals surface area contributed by atoms with E-state index in [9.17, 15) is 14.0 Å². The molecule has 0 unspecified atom stereocenters. The predicted octanol–water partition coefficient (Wildman–Crippen LogP) is 3.28. The summed E-state index contributed by atoms with van der Waals surface area (Å²) in [6.45, 7) is 1.16. The Bertz CT molecular complexity index is 1090. The average Bonchev–Trinajstić information content (AvgIpc) is 3.29. The van der Waals surface area contributed by atoms with Gasteiger partial charge in [0.25, 0.3) is 5.91 Å². The van der Waals surface area contributed by atoms with Crippen molar-refractivity contribution in [3.05, 3.63) is 72.3 Å². The first kappa shape index (κ1) is 22.5. The van der Waals surface area contributed by atoms with Crippen molar-refractivity contribution in [1.82, 2.24) is 14.7 Å². The topological polar surface area (TPSA) is 85.7 Å². The van der Waals surface area contributed by atoms with Crippen LogP contribution in [0.2, 0.25) is 0 Å². The van der Waals surface area contributed by atoms with Crippen LogP contribution in [0.5, 0.6) is 5.75 Å². The van der Waals surface area contributed by atoms with Crippen LogP contribution in [0.4, 0.5) is 10.1 Å². The number of aromatic nitrogens is 2. The molecule has 8 nitrogen and oxygen atoms in total. The summed E-state index contributed by atoms with van der Waals surface area (Å²) in [7, 11) is 1.45. The van der Waals surface area contributed by atoms with Crippen LogP contribution in [0.15, 0.2) is 60.9 Å². The Morgan fingerprint density at radius 3 is 2.45 bits per heavy atom. The van der Waals surface area contributed by atoms with Crippen LogP contribution in [0.1, 0.15) is 23.2 Å². The zero-order valence-corrected chi connectivity index (χ0v) is 18.2. The van der Waals surface area contributed by atoms with Crippen molar-refractivity contribution < 1.29 is 23.5 Å². The highest BCUT2D eigenvalue weighted by atomic mass is 19.1. The molecular weight excluding hydrogens is 427 g/mol. The van der Waals surface area contributed by atoms with Crippen molar-refractivity contribution in [2.45, 2.75) is 18.9 Å². The molecule has 3 aromatic rings. The van der Waals surface area contributed by atoms with Crippen LogP contribution in [0, 0.1) is 5.82 Å². The second-order valence-electron chi connectivity index (χ2n) is 7.76. The number of hydrogen-bond donors (Lipinski definition) is 1. The number of nitrogens with zero attached hydrogens (tertiary/aromatic N) is 3. The fraction of sp³-hybridized carbons (Fsp3) is 0.292. The molecule has 0 spiro atoms. The maximum Gasteiger partial charge on any atom is 0.253 e. The van der Waals surface area contributed by atoms with Gasteiger partial charge in [-0.25, -0.2) is 9.07 Å². The number of ether oxygens (including phenoxy) is 2. The lowest BCUT2D eigenvalue weighted by Gasteiger charge is -2.32. The molecule has 0 radical (unpaired) electrons. The molecule has 33 heavy (non-hydrogen) atoms. The van der Waals surface area contributed by atoms with E-state index >= 15 is 0 Å². The van der Waals surface area contributed by atoms with Crippen molar-refractivity contribution in [2.24, 2.45) is 0 Å². The molecule has 2 amide bonds. The molecule has 2 heterocycles. The van der Waals surface area contributed by atoms with E-state index in [-0.39, 0.29) is 30.3 Å². The SMILES string of the molecule is COCC(=O)Nc1cnn(-c2ccc(C(=O)N3CCC(Oc4ccc(F)cc4)CC3)cc2)c1. The molecule has 1 fully saturated rings. The number of carbonyl (C=O) groups excluding carboxylic acids is 2. The minimum Gasteiger partial charge on any atom is -0.490 e. The predicted molar refractivity (Wildman–Crippen MR) is 120 cm³/mol. The van der Waals surface area contributed by atoms with Gasteiger partial charge in [-0.05, 0) is 48.5 Å². The number of anilines is 1. The van der Waals surface area contributed by atoms with Crippen molar-refractivity contribution in [2.75, 3.05) is 32.1 Å². The Kier molecular flexibility index (Phi) is 6.99. The lowest BCUT2D eigenvalue weighted by Crippen LogP contribution is -2.41. The van der Waals surface area contributed by atoms with E-state index in [4.69, 9.17) is 9.47 Å². The largest absolute Gasteiger partial charge is 0.490 e. The fourth-order valence-electron chi connectivity index (χ4n) is 3.68. The van der Waals surface area contributed by atoms with E-state index in [1.54, 1.807) is 41.3 Å². The van der Waals surface area contributed by atoms with Crippen molar-refractivity contribution in [3.8, 4) is 11.4 Å². The van der Waals surface area contributed by atoms with Gasteiger partial charge in [0.15, 0.2) is 0 Å². The maximum atomic E-state index is 13.0. The molecule has 1 N–H and O–H groups in total. The van der Waals surface area contributed by atoms with Gasteiger partial charge in [0.2, 0.25) is 5.91 Å². The molecule has 2 aromatic carbocycles. The van der Waals surface area contributed by atoms with Gasteiger partial charge in [-0.2, -0.15) is 5.10 Å². The third kappa shape index (κ3) is 5.75. The molecular formula is C24H25FN4O4. The summed E-state index contributed by atoms with van der Waals surface area (Å²) in [6.07, 6.45) is 4.67. The number of benzene rings is 2. The molecule has 172 valence electrons. The number of rotatable bonds is 7. The highest BCUT2D eigenvalue weighted by molar-refractivity contribution is 5.94. The highest BCUT2D eigenvalue weighted by Gasteiger charge is 2.24. The molecule has 1 saturated heterocycles. The second kappa shape index (κ2) is 10.3. The number of methoxy groups -OCH3 is 1. The van der Waals surface area contributed by atoms with Gasteiger partial charge in [0, 0.05) is 38.6 Å². The summed E-state index contributed by atoms with van der Waals surface area (Å²) in [5, 5.41) is 6.93. The van der Waals surface area contributed by atoms with Gasteiger partial charge in [-0.1, -0.05) is 0 Å². The lowest BCUT2D eigenvalue weighted by molar-refractivity contribution is -0.119. The van der Waals surface area contributed by atoms with Gasteiger partial charge in [-0.15, -0.1) is 0 Å². The third-order valence-electron chi connectivity index (χ3n) is 5.37. The standard InChI is InChI=1S/C24H25FN4O4/c1-32-16-23(30)27-19-14-26-29(15-19)20-6-2-17(3-7-20)24(31)28-12-10-22(11-13-28)33-21-8-4-18(25)5-9-21/h2-9,14-15,22H,10-13,16H2,1H3,(H,27,30). The summed E-state index contributed by atoms with van der Waals surface area (Å²) < 4.78 is 25.4. The van der Waals surface area contributed by atoms with Crippen molar-refractivity contribution in [3.63, 3.8) is 0 Å². The van der Waals surface area contributed by atoms with E-state index in [1.165, 1.54) is 19.2 Å². The van der Waals surface area contributed by atoms with Gasteiger partial charge in [-0.3, -0.25) is 9.59 Å². The van der Waals surface area contributed by atoms with Crippen LogP contribution >= 0.6 is 0 Å². The molecule has 9 heteroatoms. The molecule has 1 aliphatic heterocycles. The minimum absolute atomic E-state index is 0.000258. The summed E-state index contributed by atoms with van der Waals surface area (Å²) >= 11 is 0. The first-order chi connectivity index (χ1) is 16.0. The van der Waals surface area contributed by atoms with Crippen LogP contribution in [0.3, 0.4) is 0 Å². The summed E-state index contributed by atoms with van der Waals surface area (Å²) in [5.74, 6) is 0.0482. The summed E-state index contributed by atoms with van der Waals surface area (Å²) in [6, 6.07) is 13.1. The van der Waals surface area contributed by atoms with Crippen LogP contribution in [-0.4, -0.2) is 59.4 Å². The van der Waals surface area contributed by atoms with Gasteiger partial charge < -0.3 is 19.7 Å². The Morgan fingerprint density at radius 1 is 1.09 bits per heavy atom. The van der Waals surface area contributed by atoms with E-state index in [2.05, 4.69) is 10.4 Å². The molecule has 0 bridgehead atoms. The number of piperidine rings is 1. The summed E-state index contributed by atoms with van der Waals surface area (Å²) in [4.78, 5) is 26.3. The Hall–Kier alpha value is -3.72. The smallest absolute Gasteiger partial charge is 0.253 e. The van der Waals surface area contributed by atoms with Gasteiger partial charge in [0.05, 0.1) is 23.8 Å². The quantitative estimate of drug-likeness (QED) is 0.595. The Morgan fingerprint density at radius 2 is 1.79 bits per heavy atom. The van der Waals surface area contributed by atoms with Crippen LogP contribution in [0.25, 0.3) is 5.69 Å². The molecule has 0 saturated carbocycles. The minimum atomic E-state index is -0.296. The van der Waals surface area contributed by atoms with Crippen LogP contribution < -0.4 is 10.1 Å². The van der Waals surface area contributed by atoms with Gasteiger partial charge in [0.1, 0.15) is 24.3 Å². The first-order valence-electron chi connectivity index (χ1n) is 10.7. The van der Waals surface area contributed by atoms with Gasteiger partial charge >= 0.3 is 0 Å². The monoisotopic (exact) mass is 452 g/mol. The third-order valence-corrected chi connectivity index (χ3v) is 5.37. The maximum absolute atomic E-state index is 13.0. The molecule has 1 aromatic heterocycles. The Balaban J connectivity index is 1.31. The average molecular weight is 452 g/mol. The number of hydrogen-bond acceptors (Lipinski definition) is 5. The van der Waals surface area contributed by atoms with Crippen LogP contribution in [-0.2, 0) is 9.53 Å². The molecule has 0 aliphatic carbocycles. The number of nitrogens with one attached hydrogen (secondary N) is 1. The highest BCUT2D eigenvalue weighted by Crippen LogP contribution is 2.21. The number of amides is 2. The molecule has 4 rings (SSSR count). The van der Waals surface area contributed by atoms with E-state index in [0.29, 0.717) is 42.9 Å². The number of carbonyl (C=O) groups is 2. The zero-order valence-electron chi connectivity index (χ0n) is 18.2. The number of likely N-dealkylation sites (tertiary alicyclic amines) is 1. The number of halogens is 1. The van der Waals surface area contributed by atoms with E-state index in [1.807, 2.05) is 17.0 Å². The van der Waals surface area contributed by atoms with E-state index in [0.717, 1.165) is 5.69 Å². The zero-order chi connectivity index (χ0) is 23.2. The summed E-state index contributed by atoms with van der Waals surface area (Å²) in [5.41, 5.74) is 1.92. The first-order valence-corrected chi connectivity index (χ1v) is 10.7. The Labute approximate surface area is 190 Å². The molecule has 1 aliphatic rings. The van der Waals surface area contributed by atoms with Crippen molar-refractivity contribution in [1.29, 1.82) is 0 Å². The van der Waals surface area contributed by atoms with Crippen molar-refractivity contribution >= 4 is 17.5 Å².